The highest BCUT2D eigenvalue weighted by molar-refractivity contribution is 6.06. The van der Waals surface area contributed by atoms with E-state index < -0.39 is 11.9 Å². The van der Waals surface area contributed by atoms with Gasteiger partial charge in [-0.15, -0.1) is 0 Å². The number of carbonyl (C=O) groups is 3. The van der Waals surface area contributed by atoms with Crippen molar-refractivity contribution in [2.75, 3.05) is 88.4 Å². The Morgan fingerprint density at radius 1 is 0.811 bits per heavy atom. The summed E-state index contributed by atoms with van der Waals surface area (Å²) in [4.78, 5) is 66.6. The summed E-state index contributed by atoms with van der Waals surface area (Å²) in [5, 5.41) is 19.2. The molecule has 388 valence electrons. The van der Waals surface area contributed by atoms with E-state index in [1.807, 2.05) is 24.3 Å². The predicted molar refractivity (Wildman–Crippen MR) is 281 cm³/mol. The number of nitrogens with zero attached hydrogens (tertiary/aromatic N) is 9. The Kier molecular flexibility index (Phi) is 12.4. The Morgan fingerprint density at radius 3 is 2.28 bits per heavy atom. The number of phenolic OH excluding ortho intramolecular Hbond substituents is 1. The summed E-state index contributed by atoms with van der Waals surface area (Å²) in [6.45, 7) is 13.9. The van der Waals surface area contributed by atoms with Gasteiger partial charge in [-0.05, 0) is 143 Å². The molecule has 17 heteroatoms. The molecular formula is C57H68FN11O5. The summed E-state index contributed by atoms with van der Waals surface area (Å²) in [5.41, 5.74) is 4.73. The molecule has 13 rings (SSSR count). The Bertz CT molecular complexity index is 3010. The number of hydrogen-bond acceptors (Lipinski definition) is 14. The lowest BCUT2D eigenvalue weighted by Crippen LogP contribution is -2.55. The molecule has 1 saturated carbocycles. The molecule has 3 amide bonds. The van der Waals surface area contributed by atoms with E-state index in [9.17, 15) is 19.5 Å². The second kappa shape index (κ2) is 19.3. The van der Waals surface area contributed by atoms with Crippen LogP contribution in [-0.2, 0) is 22.6 Å². The number of ether oxygens (including phenoxy) is 1. The zero-order valence-corrected chi connectivity index (χ0v) is 42.5. The van der Waals surface area contributed by atoms with Gasteiger partial charge in [0.05, 0.1) is 12.0 Å². The molecule has 0 radical (unpaired) electrons. The summed E-state index contributed by atoms with van der Waals surface area (Å²) >= 11 is 0. The number of benzene rings is 3. The van der Waals surface area contributed by atoms with Gasteiger partial charge in [0.1, 0.15) is 28.8 Å². The van der Waals surface area contributed by atoms with E-state index in [0.29, 0.717) is 66.1 Å². The molecule has 1 aliphatic carbocycles. The monoisotopic (exact) mass is 1010 g/mol. The molecule has 74 heavy (non-hydrogen) atoms. The number of aromatic nitrogens is 3. The maximum atomic E-state index is 17.2. The minimum Gasteiger partial charge on any atom is -0.508 e. The fourth-order valence-corrected chi connectivity index (χ4v) is 13.8. The van der Waals surface area contributed by atoms with Crippen LogP contribution in [0.3, 0.4) is 0 Å². The molecule has 8 aliphatic rings. The zero-order valence-electron chi connectivity index (χ0n) is 42.5. The fourth-order valence-electron chi connectivity index (χ4n) is 13.8. The van der Waals surface area contributed by atoms with Gasteiger partial charge >= 0.3 is 6.01 Å². The molecule has 2 unspecified atom stereocenters. The van der Waals surface area contributed by atoms with Crippen molar-refractivity contribution in [1.29, 1.82) is 0 Å². The van der Waals surface area contributed by atoms with Crippen LogP contribution in [-0.4, -0.2) is 166 Å². The Hall–Kier alpha value is -6.01. The largest absolute Gasteiger partial charge is 0.508 e. The van der Waals surface area contributed by atoms with Crippen molar-refractivity contribution in [2.45, 2.75) is 114 Å². The van der Waals surface area contributed by atoms with Gasteiger partial charge in [0, 0.05) is 111 Å². The Morgan fingerprint density at radius 2 is 1.55 bits per heavy atom. The minimum atomic E-state index is -0.599. The van der Waals surface area contributed by atoms with Gasteiger partial charge in [0.15, 0.2) is 5.82 Å². The normalized spacial score (nSPS) is 25.1. The van der Waals surface area contributed by atoms with Crippen molar-refractivity contribution in [3.05, 3.63) is 77.2 Å². The van der Waals surface area contributed by atoms with Crippen LogP contribution in [0.15, 0.2) is 54.7 Å². The number of hydrogen-bond donors (Lipinski definition) is 3. The van der Waals surface area contributed by atoms with Gasteiger partial charge in [-0.2, -0.15) is 9.97 Å². The van der Waals surface area contributed by atoms with E-state index in [4.69, 9.17) is 19.7 Å². The number of fused-ring (bicyclic) bond motifs is 5. The van der Waals surface area contributed by atoms with Crippen molar-refractivity contribution in [2.24, 2.45) is 5.41 Å². The third-order valence-corrected chi connectivity index (χ3v) is 18.1. The number of pyridine rings is 1. The molecule has 7 fully saturated rings. The van der Waals surface area contributed by atoms with E-state index in [2.05, 4.69) is 54.2 Å². The number of anilines is 2. The van der Waals surface area contributed by atoms with Gasteiger partial charge in [0.2, 0.25) is 11.8 Å². The van der Waals surface area contributed by atoms with Crippen LogP contribution in [0.25, 0.3) is 32.9 Å². The van der Waals surface area contributed by atoms with Crippen molar-refractivity contribution in [1.82, 2.24) is 45.2 Å². The molecule has 16 nitrogen and oxygen atoms in total. The number of carbonyl (C=O) groups excluding carboxylic acids is 3. The van der Waals surface area contributed by atoms with Crippen molar-refractivity contribution < 1.29 is 28.6 Å². The molecule has 3 aromatic carbocycles. The molecule has 9 heterocycles. The Balaban J connectivity index is 0.614. The Labute approximate surface area is 431 Å². The maximum Gasteiger partial charge on any atom is 0.319 e. The molecule has 2 aromatic heterocycles. The number of piperazine rings is 2. The number of amides is 3. The topological polar surface area (TPSA) is 163 Å². The van der Waals surface area contributed by atoms with E-state index in [1.54, 1.807) is 23.2 Å². The standard InChI is InChI=1S/C57H68FN11O5/c1-2-35-4-3-5-36-27-43(70)28-45(49(35)36)51-50(58)52-46(29-59-51)53(68-31-38-6-7-39(32-68)60-38)63-56(62-52)74-34-57(16-17-57)33-64-18-12-40(13-19-64)65-20-14-41(15-21-65)66-22-24-67(25-23-66)42-8-9-44-37(26-42)30-69(55(44)73)47-10-11-48(71)61-54(47)72/h3-5,8-9,26-29,38-41,47,60,70H,2,6-7,10-25,30-34H2,1H3,(H,61,71,72)/t38?,39?,47-/m0/s1. The molecular weight excluding hydrogens is 938 g/mol. The number of aryl methyl sites for hydroxylation is 1. The van der Waals surface area contributed by atoms with E-state index in [-0.39, 0.29) is 52.5 Å². The van der Waals surface area contributed by atoms with Crippen molar-refractivity contribution in [3.8, 4) is 23.0 Å². The van der Waals surface area contributed by atoms with E-state index in [1.165, 1.54) is 25.7 Å². The second-order valence-electron chi connectivity index (χ2n) is 22.7. The lowest BCUT2D eigenvalue weighted by molar-refractivity contribution is -0.136. The quantitative estimate of drug-likeness (QED) is 0.127. The summed E-state index contributed by atoms with van der Waals surface area (Å²) in [6, 6.07) is 16.9. The van der Waals surface area contributed by atoms with Gasteiger partial charge in [-0.3, -0.25) is 29.6 Å². The summed E-state index contributed by atoms with van der Waals surface area (Å²) in [7, 11) is 0. The molecule has 6 saturated heterocycles. The first-order valence-electron chi connectivity index (χ1n) is 27.5. The van der Waals surface area contributed by atoms with Crippen molar-refractivity contribution >= 4 is 50.9 Å². The lowest BCUT2D eigenvalue weighted by Gasteiger charge is -2.46. The fraction of sp³-hybridized carbons (Fsp3) is 0.544. The number of rotatable bonds is 12. The smallest absolute Gasteiger partial charge is 0.319 e. The maximum absolute atomic E-state index is 17.2. The number of likely N-dealkylation sites (tertiary alicyclic amines) is 2. The summed E-state index contributed by atoms with van der Waals surface area (Å²) < 4.78 is 23.8. The zero-order chi connectivity index (χ0) is 50.2. The number of imide groups is 1. The predicted octanol–water partition coefficient (Wildman–Crippen LogP) is 5.86. The van der Waals surface area contributed by atoms with Crippen LogP contribution in [0.4, 0.5) is 15.9 Å². The van der Waals surface area contributed by atoms with Gasteiger partial charge in [-0.25, -0.2) is 4.39 Å². The first-order chi connectivity index (χ1) is 36.0. The highest BCUT2D eigenvalue weighted by Gasteiger charge is 2.46. The van der Waals surface area contributed by atoms with Crippen LogP contribution >= 0.6 is 0 Å². The first-order valence-corrected chi connectivity index (χ1v) is 27.5. The molecule has 3 atom stereocenters. The number of nitrogens with one attached hydrogen (secondary N) is 2. The molecule has 0 spiro atoms. The molecule has 7 aliphatic heterocycles. The van der Waals surface area contributed by atoms with E-state index >= 15 is 4.39 Å². The molecule has 3 N–H and O–H groups in total. The average molecular weight is 1010 g/mol. The van der Waals surface area contributed by atoms with Crippen LogP contribution in [0.2, 0.25) is 0 Å². The highest BCUT2D eigenvalue weighted by Crippen LogP contribution is 2.47. The SMILES string of the molecule is CCc1cccc2cc(O)cc(-c3ncc4c(N5CC6CCC(C5)N6)nc(OCC5(CN6CCC(N7CCC(N8CCN(c9ccc%10c(c9)CN([C@H]9CCC(=O)NC9=O)C%10=O)CC8)CC7)CC6)CC5)nc4c3F)c12. The highest BCUT2D eigenvalue weighted by atomic mass is 19.1. The van der Waals surface area contributed by atoms with Gasteiger partial charge in [0.25, 0.3) is 5.91 Å². The van der Waals surface area contributed by atoms with Crippen LogP contribution in [0, 0.1) is 11.2 Å². The van der Waals surface area contributed by atoms with Crippen LogP contribution in [0.1, 0.15) is 92.6 Å². The van der Waals surface area contributed by atoms with Crippen LogP contribution in [0.5, 0.6) is 11.8 Å². The number of aromatic hydroxyl groups is 1. The number of halogens is 1. The molecule has 5 aromatic rings. The number of piperidine rings is 3. The summed E-state index contributed by atoms with van der Waals surface area (Å²) in [5.74, 6) is -0.575. The minimum absolute atomic E-state index is 0.0271. The number of phenols is 1. The second-order valence-corrected chi connectivity index (χ2v) is 22.7. The van der Waals surface area contributed by atoms with Crippen LogP contribution < -0.4 is 25.2 Å². The molecule has 2 bridgehead atoms. The third kappa shape index (κ3) is 9.00. The average Bonchev–Trinajstić information content (AvgIpc) is 4.00. The van der Waals surface area contributed by atoms with Gasteiger partial charge < -0.3 is 39.7 Å². The van der Waals surface area contributed by atoms with E-state index in [0.717, 1.165) is 132 Å². The lowest BCUT2D eigenvalue weighted by atomic mass is 9.95. The summed E-state index contributed by atoms with van der Waals surface area (Å²) in [6.07, 6.45) is 12.2. The van der Waals surface area contributed by atoms with Crippen molar-refractivity contribution in [3.63, 3.8) is 0 Å². The third-order valence-electron chi connectivity index (χ3n) is 18.1. The van der Waals surface area contributed by atoms with Gasteiger partial charge in [-0.1, -0.05) is 25.1 Å². The first kappa shape index (κ1) is 47.7.